The number of carbonyl (C=O) groups is 3. The zero-order valence-corrected chi connectivity index (χ0v) is 19.1. The lowest BCUT2D eigenvalue weighted by molar-refractivity contribution is 0.0950. The Labute approximate surface area is 202 Å². The second-order valence-electron chi connectivity index (χ2n) is 7.63. The van der Waals surface area contributed by atoms with Gasteiger partial charge in [0, 0.05) is 23.4 Å². The highest BCUT2D eigenvalue weighted by atomic mass is 16.7. The van der Waals surface area contributed by atoms with E-state index in [1.54, 1.807) is 31.2 Å². The van der Waals surface area contributed by atoms with E-state index in [1.807, 2.05) is 54.6 Å². The van der Waals surface area contributed by atoms with E-state index in [4.69, 9.17) is 9.47 Å². The van der Waals surface area contributed by atoms with Gasteiger partial charge in [-0.25, -0.2) is 4.79 Å². The summed E-state index contributed by atoms with van der Waals surface area (Å²) in [4.78, 5) is 37.1. The van der Waals surface area contributed by atoms with Gasteiger partial charge in [-0.2, -0.15) is 0 Å². The smallest absolute Gasteiger partial charge is 0.434 e. The van der Waals surface area contributed by atoms with Gasteiger partial charge in [0.2, 0.25) is 0 Å². The first-order valence-electron chi connectivity index (χ1n) is 11.1. The van der Waals surface area contributed by atoms with E-state index in [-0.39, 0.29) is 30.7 Å². The molecule has 0 spiro atoms. The highest BCUT2D eigenvalue weighted by Crippen LogP contribution is 2.22. The van der Waals surface area contributed by atoms with Crippen LogP contribution in [0.15, 0.2) is 91.0 Å². The van der Waals surface area contributed by atoms with E-state index < -0.39 is 6.16 Å². The van der Waals surface area contributed by atoms with Crippen LogP contribution < -0.4 is 15.4 Å². The Kier molecular flexibility index (Phi) is 7.37. The molecule has 0 aromatic heterocycles. The lowest BCUT2D eigenvalue weighted by Gasteiger charge is -2.13. The normalized spacial score (nSPS) is 10.4. The van der Waals surface area contributed by atoms with Crippen LogP contribution in [0.2, 0.25) is 0 Å². The molecule has 2 N–H and O–H groups in total. The average molecular weight is 469 g/mol. The quantitative estimate of drug-likeness (QED) is 0.274. The molecule has 2 amide bonds. The van der Waals surface area contributed by atoms with Crippen molar-refractivity contribution in [1.82, 2.24) is 5.32 Å². The molecule has 4 rings (SSSR count). The standard InChI is InChI=1S/C28H24N2O5/c1-2-34-28(33)35-22-16-14-20(15-17-22)26(31)29-18-21-9-4-6-13-25(21)30-27(32)24-12-7-10-19-8-3-5-11-23(19)24/h3-17H,2,18H2,1H3,(H,29,31)(H,30,32). The molecule has 0 saturated heterocycles. The lowest BCUT2D eigenvalue weighted by atomic mass is 10.0. The highest BCUT2D eigenvalue weighted by Gasteiger charge is 2.13. The Morgan fingerprint density at radius 1 is 0.771 bits per heavy atom. The maximum Gasteiger partial charge on any atom is 0.513 e. The second-order valence-corrected chi connectivity index (χ2v) is 7.63. The Morgan fingerprint density at radius 2 is 1.49 bits per heavy atom. The van der Waals surface area contributed by atoms with Gasteiger partial charge in [-0.1, -0.05) is 54.6 Å². The summed E-state index contributed by atoms with van der Waals surface area (Å²) < 4.78 is 9.73. The predicted octanol–water partition coefficient (Wildman–Crippen LogP) is 5.56. The molecular weight excluding hydrogens is 444 g/mol. The average Bonchev–Trinajstić information content (AvgIpc) is 2.88. The first-order chi connectivity index (χ1) is 17.0. The van der Waals surface area contributed by atoms with Crippen molar-refractivity contribution >= 4 is 34.4 Å². The molecule has 35 heavy (non-hydrogen) atoms. The van der Waals surface area contributed by atoms with Crippen LogP contribution in [0.25, 0.3) is 10.8 Å². The summed E-state index contributed by atoms with van der Waals surface area (Å²) in [6.45, 7) is 2.11. The molecule has 0 unspecified atom stereocenters. The Morgan fingerprint density at radius 3 is 2.29 bits per heavy atom. The Hall–Kier alpha value is -4.65. The minimum absolute atomic E-state index is 0.211. The molecule has 0 aliphatic heterocycles. The third-order valence-electron chi connectivity index (χ3n) is 5.32. The summed E-state index contributed by atoms with van der Waals surface area (Å²) in [6.07, 6.45) is -0.799. The molecule has 0 fully saturated rings. The largest absolute Gasteiger partial charge is 0.513 e. The number of benzene rings is 4. The lowest BCUT2D eigenvalue weighted by Crippen LogP contribution is -2.24. The number of hydrogen-bond acceptors (Lipinski definition) is 5. The summed E-state index contributed by atoms with van der Waals surface area (Å²) in [7, 11) is 0. The molecule has 0 bridgehead atoms. The van der Waals surface area contributed by atoms with Gasteiger partial charge < -0.3 is 20.1 Å². The van der Waals surface area contributed by atoms with Crippen molar-refractivity contribution in [2.24, 2.45) is 0 Å². The van der Waals surface area contributed by atoms with Crippen LogP contribution in [0.4, 0.5) is 10.5 Å². The van der Waals surface area contributed by atoms with E-state index in [2.05, 4.69) is 10.6 Å². The van der Waals surface area contributed by atoms with Crippen LogP contribution in [0.3, 0.4) is 0 Å². The first-order valence-corrected chi connectivity index (χ1v) is 11.1. The van der Waals surface area contributed by atoms with Crippen molar-refractivity contribution in [1.29, 1.82) is 0 Å². The van der Waals surface area contributed by atoms with Crippen molar-refractivity contribution < 1.29 is 23.9 Å². The van der Waals surface area contributed by atoms with E-state index >= 15 is 0 Å². The first kappa shape index (κ1) is 23.5. The third-order valence-corrected chi connectivity index (χ3v) is 5.32. The number of para-hydroxylation sites is 1. The van der Waals surface area contributed by atoms with Crippen molar-refractivity contribution in [3.8, 4) is 5.75 Å². The second kappa shape index (κ2) is 11.0. The number of rotatable bonds is 7. The fourth-order valence-corrected chi connectivity index (χ4v) is 3.60. The van der Waals surface area contributed by atoms with Crippen LogP contribution in [-0.2, 0) is 11.3 Å². The van der Waals surface area contributed by atoms with Crippen LogP contribution in [0, 0.1) is 0 Å². The zero-order chi connectivity index (χ0) is 24.6. The molecule has 0 radical (unpaired) electrons. The van der Waals surface area contributed by atoms with Gasteiger partial charge in [-0.3, -0.25) is 9.59 Å². The SMILES string of the molecule is CCOC(=O)Oc1ccc(C(=O)NCc2ccccc2NC(=O)c2cccc3ccccc23)cc1. The number of hydrogen-bond donors (Lipinski definition) is 2. The van der Waals surface area contributed by atoms with Gasteiger partial charge >= 0.3 is 6.16 Å². The number of amides is 2. The summed E-state index contributed by atoms with van der Waals surface area (Å²) in [5, 5.41) is 7.68. The van der Waals surface area contributed by atoms with E-state index in [0.29, 0.717) is 16.8 Å². The molecule has 0 heterocycles. The summed E-state index contributed by atoms with van der Waals surface area (Å²) >= 11 is 0. The molecule has 4 aromatic rings. The molecule has 0 aliphatic carbocycles. The molecule has 176 valence electrons. The number of carbonyl (C=O) groups excluding carboxylic acids is 3. The van der Waals surface area contributed by atoms with Crippen LogP contribution in [0.5, 0.6) is 5.75 Å². The molecule has 0 atom stereocenters. The predicted molar refractivity (Wildman–Crippen MR) is 134 cm³/mol. The van der Waals surface area contributed by atoms with Gasteiger partial charge in [-0.15, -0.1) is 0 Å². The summed E-state index contributed by atoms with van der Waals surface area (Å²) in [6, 6.07) is 26.8. The fourth-order valence-electron chi connectivity index (χ4n) is 3.60. The van der Waals surface area contributed by atoms with Gasteiger partial charge in [-0.05, 0) is 59.7 Å². The number of fused-ring (bicyclic) bond motifs is 1. The van der Waals surface area contributed by atoms with Crippen LogP contribution in [0.1, 0.15) is 33.2 Å². The zero-order valence-electron chi connectivity index (χ0n) is 19.1. The third kappa shape index (κ3) is 5.83. The van der Waals surface area contributed by atoms with E-state index in [1.165, 1.54) is 12.1 Å². The Bertz CT molecular complexity index is 1360. The van der Waals surface area contributed by atoms with Gasteiger partial charge in [0.1, 0.15) is 5.75 Å². The van der Waals surface area contributed by atoms with Gasteiger partial charge in [0.15, 0.2) is 0 Å². The number of anilines is 1. The maximum absolute atomic E-state index is 13.0. The fraction of sp³-hybridized carbons (Fsp3) is 0.107. The van der Waals surface area contributed by atoms with Crippen LogP contribution in [-0.4, -0.2) is 24.6 Å². The highest BCUT2D eigenvalue weighted by molar-refractivity contribution is 6.13. The molecule has 7 nitrogen and oxygen atoms in total. The topological polar surface area (TPSA) is 93.7 Å². The van der Waals surface area contributed by atoms with Gasteiger partial charge in [0.05, 0.1) is 6.61 Å². The van der Waals surface area contributed by atoms with Crippen molar-refractivity contribution in [2.75, 3.05) is 11.9 Å². The monoisotopic (exact) mass is 468 g/mol. The van der Waals surface area contributed by atoms with Gasteiger partial charge in [0.25, 0.3) is 11.8 Å². The molecule has 4 aromatic carbocycles. The molecule has 7 heteroatoms. The van der Waals surface area contributed by atoms with Crippen molar-refractivity contribution in [2.45, 2.75) is 13.5 Å². The number of ether oxygens (including phenoxy) is 2. The minimum Gasteiger partial charge on any atom is -0.434 e. The summed E-state index contributed by atoms with van der Waals surface area (Å²) in [5.41, 5.74) is 2.35. The maximum atomic E-state index is 13.0. The van der Waals surface area contributed by atoms with Crippen molar-refractivity contribution in [3.05, 3.63) is 108 Å². The molecule has 0 aliphatic rings. The summed E-state index contributed by atoms with van der Waals surface area (Å²) in [5.74, 6) is -0.248. The van der Waals surface area contributed by atoms with Crippen LogP contribution >= 0.6 is 0 Å². The molecule has 0 saturated carbocycles. The van der Waals surface area contributed by atoms with Crippen molar-refractivity contribution in [3.63, 3.8) is 0 Å². The van der Waals surface area contributed by atoms with E-state index in [9.17, 15) is 14.4 Å². The van der Waals surface area contributed by atoms with E-state index in [0.717, 1.165) is 16.3 Å². The Balaban J connectivity index is 1.42. The number of nitrogens with one attached hydrogen (secondary N) is 2. The minimum atomic E-state index is -0.799. The molecular formula is C28H24N2O5.